The molecule has 2 aromatic carbocycles. The van der Waals surface area contributed by atoms with Gasteiger partial charge in [0.1, 0.15) is 5.82 Å². The summed E-state index contributed by atoms with van der Waals surface area (Å²) in [5.74, 6) is 2.38. The summed E-state index contributed by atoms with van der Waals surface area (Å²) in [6.45, 7) is 0.924. The summed E-state index contributed by atoms with van der Waals surface area (Å²) in [5.41, 5.74) is 2.83. The van der Waals surface area contributed by atoms with Gasteiger partial charge in [0.05, 0.1) is 5.69 Å². The largest absolute Gasteiger partial charge is 0.325 e. The van der Waals surface area contributed by atoms with E-state index in [2.05, 4.69) is 25.4 Å². The van der Waals surface area contributed by atoms with E-state index >= 15 is 0 Å². The fourth-order valence-electron chi connectivity index (χ4n) is 4.00. The molecule has 2 aliphatic rings. The van der Waals surface area contributed by atoms with E-state index in [9.17, 15) is 9.59 Å². The molecule has 31 heavy (non-hydrogen) atoms. The van der Waals surface area contributed by atoms with Crippen molar-refractivity contribution in [2.75, 3.05) is 16.4 Å². The normalized spacial score (nSPS) is 15.8. The minimum absolute atomic E-state index is 0.0241. The van der Waals surface area contributed by atoms with Gasteiger partial charge in [0, 0.05) is 46.8 Å². The van der Waals surface area contributed by atoms with E-state index in [-0.39, 0.29) is 11.8 Å². The van der Waals surface area contributed by atoms with Crippen molar-refractivity contribution in [1.29, 1.82) is 0 Å². The number of nitrogens with one attached hydrogen (secondary N) is 2. The molecular formula is C23H23N5O2S. The predicted octanol–water partition coefficient (Wildman–Crippen LogP) is 4.36. The number of benzene rings is 2. The van der Waals surface area contributed by atoms with Crippen LogP contribution in [0.1, 0.15) is 41.9 Å². The molecule has 1 aromatic heterocycles. The van der Waals surface area contributed by atoms with Gasteiger partial charge in [-0.15, -0.1) is 22.0 Å². The van der Waals surface area contributed by atoms with Crippen molar-refractivity contribution in [3.05, 3.63) is 53.9 Å². The van der Waals surface area contributed by atoms with E-state index in [4.69, 9.17) is 0 Å². The third-order valence-electron chi connectivity index (χ3n) is 5.59. The molecule has 2 N–H and O–H groups in total. The first-order valence-electron chi connectivity index (χ1n) is 10.6. The number of amides is 2. The molecule has 0 bridgehead atoms. The van der Waals surface area contributed by atoms with Crippen molar-refractivity contribution in [1.82, 2.24) is 14.8 Å². The number of hydrogen-bond donors (Lipinski definition) is 2. The summed E-state index contributed by atoms with van der Waals surface area (Å²) < 4.78 is 2.20. The van der Waals surface area contributed by atoms with Crippen LogP contribution in [0.3, 0.4) is 0 Å². The topological polar surface area (TPSA) is 88.9 Å². The second-order valence-electron chi connectivity index (χ2n) is 7.79. The Hall–Kier alpha value is -3.13. The van der Waals surface area contributed by atoms with Gasteiger partial charge in [-0.05, 0) is 43.2 Å². The second kappa shape index (κ2) is 8.55. The maximum Gasteiger partial charge on any atom is 0.255 e. The lowest BCUT2D eigenvalue weighted by Gasteiger charge is -2.11. The van der Waals surface area contributed by atoms with Crippen LogP contribution in [0.15, 0.2) is 47.4 Å². The zero-order valence-corrected chi connectivity index (χ0v) is 17.9. The molecule has 7 nitrogen and oxygen atoms in total. The van der Waals surface area contributed by atoms with Gasteiger partial charge >= 0.3 is 0 Å². The Kier molecular flexibility index (Phi) is 5.46. The number of aryl methyl sites for hydroxylation is 1. The molecule has 8 heteroatoms. The molecule has 0 fully saturated rings. The van der Waals surface area contributed by atoms with E-state index < -0.39 is 0 Å². The number of nitrogens with zero attached hydrogens (tertiary/aromatic N) is 3. The Morgan fingerprint density at radius 1 is 1.06 bits per heavy atom. The third kappa shape index (κ3) is 4.20. The summed E-state index contributed by atoms with van der Waals surface area (Å²) in [5, 5.41) is 14.6. The number of rotatable bonds is 3. The smallest absolute Gasteiger partial charge is 0.255 e. The molecular weight excluding hydrogens is 410 g/mol. The molecule has 2 amide bonds. The van der Waals surface area contributed by atoms with E-state index in [1.807, 2.05) is 30.3 Å². The maximum atomic E-state index is 12.9. The molecule has 0 saturated heterocycles. The number of aromatic nitrogens is 3. The highest BCUT2D eigenvalue weighted by Crippen LogP contribution is 2.32. The molecule has 0 spiro atoms. The predicted molar refractivity (Wildman–Crippen MR) is 121 cm³/mol. The first kappa shape index (κ1) is 19.8. The number of thioether (sulfide) groups is 1. The van der Waals surface area contributed by atoms with Crippen LogP contribution in [0.4, 0.5) is 11.4 Å². The standard InChI is InChI=1S/C23H23N5O2S/c29-21-10-12-31-19-9-8-16(14-18(19)25-21)23(30)24-17-6-4-5-15(13-17)22-27-26-20-7-2-1-3-11-28(20)22/h4-6,8-9,13-14H,1-3,7,10-12H2,(H,24,30)(H,25,29). The first-order valence-corrected chi connectivity index (χ1v) is 11.6. The summed E-state index contributed by atoms with van der Waals surface area (Å²) in [4.78, 5) is 25.7. The van der Waals surface area contributed by atoms with Gasteiger partial charge in [-0.25, -0.2) is 0 Å². The number of carbonyl (C=O) groups is 2. The highest BCUT2D eigenvalue weighted by Gasteiger charge is 2.18. The van der Waals surface area contributed by atoms with Gasteiger partial charge in [-0.3, -0.25) is 9.59 Å². The molecule has 0 saturated carbocycles. The van der Waals surface area contributed by atoms with Crippen molar-refractivity contribution in [3.8, 4) is 11.4 Å². The lowest BCUT2D eigenvalue weighted by molar-refractivity contribution is -0.115. The summed E-state index contributed by atoms with van der Waals surface area (Å²) in [6.07, 6.45) is 4.91. The average Bonchev–Trinajstić information content (AvgIpc) is 2.91. The molecule has 158 valence electrons. The first-order chi connectivity index (χ1) is 15.2. The van der Waals surface area contributed by atoms with Gasteiger partial charge in [-0.2, -0.15) is 0 Å². The SMILES string of the molecule is O=C1CCSc2ccc(C(=O)Nc3cccc(-c4nnc5n4CCCCC5)c3)cc2N1. The number of anilines is 2. The lowest BCUT2D eigenvalue weighted by Crippen LogP contribution is -2.14. The monoisotopic (exact) mass is 433 g/mol. The average molecular weight is 434 g/mol. The Labute approximate surface area is 184 Å². The van der Waals surface area contributed by atoms with Crippen LogP contribution in [-0.2, 0) is 17.8 Å². The third-order valence-corrected chi connectivity index (χ3v) is 6.67. The van der Waals surface area contributed by atoms with E-state index in [1.165, 1.54) is 6.42 Å². The molecule has 5 rings (SSSR count). The van der Waals surface area contributed by atoms with Crippen LogP contribution in [0.25, 0.3) is 11.4 Å². The molecule has 0 unspecified atom stereocenters. The summed E-state index contributed by atoms with van der Waals surface area (Å²) in [6, 6.07) is 13.1. The Morgan fingerprint density at radius 3 is 2.94 bits per heavy atom. The van der Waals surface area contributed by atoms with Crippen molar-refractivity contribution < 1.29 is 9.59 Å². The quantitative estimate of drug-likeness (QED) is 0.641. The number of carbonyl (C=O) groups excluding carboxylic acids is 2. The minimum Gasteiger partial charge on any atom is -0.325 e. The van der Waals surface area contributed by atoms with E-state index in [0.29, 0.717) is 23.4 Å². The highest BCUT2D eigenvalue weighted by molar-refractivity contribution is 7.99. The van der Waals surface area contributed by atoms with Gasteiger partial charge in [0.15, 0.2) is 5.82 Å². The van der Waals surface area contributed by atoms with E-state index in [1.54, 1.807) is 23.9 Å². The molecule has 3 aromatic rings. The molecule has 0 radical (unpaired) electrons. The fourth-order valence-corrected chi connectivity index (χ4v) is 4.94. The van der Waals surface area contributed by atoms with Gasteiger partial charge in [0.2, 0.25) is 5.91 Å². The van der Waals surface area contributed by atoms with Crippen LogP contribution in [0, 0.1) is 0 Å². The zero-order chi connectivity index (χ0) is 21.2. The second-order valence-corrected chi connectivity index (χ2v) is 8.93. The van der Waals surface area contributed by atoms with Crippen molar-refractivity contribution >= 4 is 35.0 Å². The Morgan fingerprint density at radius 2 is 2.00 bits per heavy atom. The number of hydrogen-bond acceptors (Lipinski definition) is 5. The fraction of sp³-hybridized carbons (Fsp3) is 0.304. The maximum absolute atomic E-state index is 12.9. The minimum atomic E-state index is -0.219. The van der Waals surface area contributed by atoms with Crippen molar-refractivity contribution in [3.63, 3.8) is 0 Å². The van der Waals surface area contributed by atoms with Crippen LogP contribution >= 0.6 is 11.8 Å². The van der Waals surface area contributed by atoms with Crippen molar-refractivity contribution in [2.45, 2.75) is 43.5 Å². The molecule has 2 aliphatic heterocycles. The van der Waals surface area contributed by atoms with Crippen molar-refractivity contribution in [2.24, 2.45) is 0 Å². The zero-order valence-electron chi connectivity index (χ0n) is 17.1. The van der Waals surface area contributed by atoms with Gasteiger partial charge < -0.3 is 15.2 Å². The van der Waals surface area contributed by atoms with Crippen LogP contribution < -0.4 is 10.6 Å². The Balaban J connectivity index is 1.37. The highest BCUT2D eigenvalue weighted by atomic mass is 32.2. The number of fused-ring (bicyclic) bond motifs is 2. The summed E-state index contributed by atoms with van der Waals surface area (Å²) in [7, 11) is 0. The van der Waals surface area contributed by atoms with Gasteiger partial charge in [0.25, 0.3) is 5.91 Å². The summed E-state index contributed by atoms with van der Waals surface area (Å²) >= 11 is 1.62. The van der Waals surface area contributed by atoms with Crippen LogP contribution in [-0.4, -0.2) is 32.3 Å². The van der Waals surface area contributed by atoms with Crippen LogP contribution in [0.2, 0.25) is 0 Å². The van der Waals surface area contributed by atoms with E-state index in [0.717, 1.165) is 53.7 Å². The van der Waals surface area contributed by atoms with Crippen LogP contribution in [0.5, 0.6) is 0 Å². The molecule has 0 atom stereocenters. The Bertz CT molecular complexity index is 1160. The van der Waals surface area contributed by atoms with Gasteiger partial charge in [-0.1, -0.05) is 18.6 Å². The lowest BCUT2D eigenvalue weighted by atomic mass is 10.1. The molecule has 3 heterocycles. The molecule has 0 aliphatic carbocycles.